The van der Waals surface area contributed by atoms with Gasteiger partial charge in [-0.15, -0.1) is 6.42 Å². The molecule has 0 aliphatic heterocycles. The number of carbonyl (C=O) groups is 1. The Labute approximate surface area is 151 Å². The third-order valence-corrected chi connectivity index (χ3v) is 5.15. The highest BCUT2D eigenvalue weighted by Crippen LogP contribution is 2.11. The van der Waals surface area contributed by atoms with Crippen LogP contribution < -0.4 is 10.0 Å². The van der Waals surface area contributed by atoms with E-state index in [-0.39, 0.29) is 17.3 Å². The van der Waals surface area contributed by atoms with E-state index in [9.17, 15) is 13.2 Å². The molecule has 138 valence electrons. The predicted molar refractivity (Wildman–Crippen MR) is 99.8 cm³/mol. The second-order valence-corrected chi connectivity index (χ2v) is 8.00. The molecule has 0 spiro atoms. The molecule has 0 bridgehead atoms. The van der Waals surface area contributed by atoms with Crippen LogP contribution >= 0.6 is 0 Å². The van der Waals surface area contributed by atoms with Crippen molar-refractivity contribution in [2.24, 2.45) is 0 Å². The first-order valence-electron chi connectivity index (χ1n) is 8.26. The van der Waals surface area contributed by atoms with Crippen molar-refractivity contribution in [2.45, 2.75) is 44.7 Å². The zero-order chi connectivity index (χ0) is 19.0. The van der Waals surface area contributed by atoms with Gasteiger partial charge in [-0.25, -0.2) is 8.42 Å². The number of nitrogens with zero attached hydrogens (tertiary/aromatic N) is 1. The fourth-order valence-corrected chi connectivity index (χ4v) is 3.52. The number of carbonyl (C=O) groups excluding carboxylic acids is 1. The van der Waals surface area contributed by atoms with Crippen molar-refractivity contribution in [1.29, 1.82) is 0 Å². The molecule has 0 heterocycles. The molecule has 0 aliphatic carbocycles. The second kappa shape index (κ2) is 9.56. The smallest absolute Gasteiger partial charge is 0.251 e. The summed E-state index contributed by atoms with van der Waals surface area (Å²) in [6, 6.07) is 6.65. The number of benzene rings is 1. The maximum absolute atomic E-state index is 12.3. The van der Waals surface area contributed by atoms with Gasteiger partial charge in [0.2, 0.25) is 10.0 Å². The molecule has 1 aromatic rings. The highest BCUT2D eigenvalue weighted by atomic mass is 32.2. The molecule has 0 saturated heterocycles. The van der Waals surface area contributed by atoms with Gasteiger partial charge < -0.3 is 5.32 Å². The minimum absolute atomic E-state index is 0.0152. The normalized spacial score (nSPS) is 11.8. The molecule has 7 heteroatoms. The van der Waals surface area contributed by atoms with Gasteiger partial charge in [0.1, 0.15) is 0 Å². The molecule has 25 heavy (non-hydrogen) atoms. The van der Waals surface area contributed by atoms with Crippen LogP contribution in [0.5, 0.6) is 0 Å². The molecule has 0 unspecified atom stereocenters. The fourth-order valence-electron chi connectivity index (χ4n) is 2.54. The first kappa shape index (κ1) is 21.2. The maximum Gasteiger partial charge on any atom is 0.251 e. The van der Waals surface area contributed by atoms with Crippen LogP contribution in [0.15, 0.2) is 29.2 Å². The van der Waals surface area contributed by atoms with Gasteiger partial charge in [0.05, 0.1) is 11.4 Å². The lowest BCUT2D eigenvalue weighted by Crippen LogP contribution is -2.42. The predicted octanol–water partition coefficient (Wildman–Crippen LogP) is 1.45. The van der Waals surface area contributed by atoms with E-state index in [1.165, 1.54) is 18.2 Å². The average molecular weight is 365 g/mol. The molecule has 0 aliphatic rings. The maximum atomic E-state index is 12.3. The lowest BCUT2D eigenvalue weighted by molar-refractivity contribution is 0.0939. The second-order valence-electron chi connectivity index (χ2n) is 6.24. The first-order chi connectivity index (χ1) is 11.7. The number of hydrogen-bond donors (Lipinski definition) is 2. The Morgan fingerprint density at radius 3 is 2.44 bits per heavy atom. The van der Waals surface area contributed by atoms with E-state index in [0.29, 0.717) is 24.2 Å². The van der Waals surface area contributed by atoms with Crippen molar-refractivity contribution in [3.63, 3.8) is 0 Å². The minimum Gasteiger partial charge on any atom is -0.351 e. The summed E-state index contributed by atoms with van der Waals surface area (Å²) in [6.07, 6.45) is 5.07. The van der Waals surface area contributed by atoms with Crippen LogP contribution in [0, 0.1) is 12.3 Å². The van der Waals surface area contributed by atoms with E-state index >= 15 is 0 Å². The van der Waals surface area contributed by atoms with E-state index in [4.69, 9.17) is 6.42 Å². The summed E-state index contributed by atoms with van der Waals surface area (Å²) in [5.41, 5.74) is 0.296. The lowest BCUT2D eigenvalue weighted by Gasteiger charge is -2.30. The number of amides is 1. The summed E-state index contributed by atoms with van der Waals surface area (Å²) in [5, 5.41) is 2.83. The molecule has 0 fully saturated rings. The summed E-state index contributed by atoms with van der Waals surface area (Å²) in [6.45, 7) is 9.56. The van der Waals surface area contributed by atoms with Crippen molar-refractivity contribution in [3.8, 4) is 12.3 Å². The van der Waals surface area contributed by atoms with Gasteiger partial charge in [-0.05, 0) is 45.9 Å². The molecule has 0 saturated carbocycles. The first-order valence-corrected chi connectivity index (χ1v) is 9.74. The lowest BCUT2D eigenvalue weighted by atomic mass is 10.2. The van der Waals surface area contributed by atoms with Crippen molar-refractivity contribution in [2.75, 3.05) is 19.6 Å². The van der Waals surface area contributed by atoms with Crippen LogP contribution in [0.4, 0.5) is 0 Å². The molecule has 2 N–H and O–H groups in total. The summed E-state index contributed by atoms with van der Waals surface area (Å²) < 4.78 is 26.4. The van der Waals surface area contributed by atoms with Crippen LogP contribution in [-0.4, -0.2) is 50.9 Å². The Bertz CT molecular complexity index is 713. The summed E-state index contributed by atoms with van der Waals surface area (Å²) in [4.78, 5) is 14.6. The van der Waals surface area contributed by atoms with Crippen LogP contribution in [0.2, 0.25) is 0 Å². The molecular formula is C18H27N3O3S. The standard InChI is InChI=1S/C18H27N3O3S/c1-6-10-20-25(23,24)17-9-7-8-16(13-17)18(22)19-11-12-21(14(2)3)15(4)5/h1,7-9,13-15,20H,10-12H2,2-5H3,(H,19,22). The molecule has 1 aromatic carbocycles. The zero-order valence-corrected chi connectivity index (χ0v) is 16.1. The number of sulfonamides is 1. The monoisotopic (exact) mass is 365 g/mol. The van der Waals surface area contributed by atoms with E-state index in [1.807, 2.05) is 0 Å². The third kappa shape index (κ3) is 6.50. The summed E-state index contributed by atoms with van der Waals surface area (Å²) in [7, 11) is -3.72. The van der Waals surface area contributed by atoms with Crippen LogP contribution in [0.3, 0.4) is 0 Å². The van der Waals surface area contributed by atoms with E-state index in [2.05, 4.69) is 48.6 Å². The van der Waals surface area contributed by atoms with Gasteiger partial charge in [-0.3, -0.25) is 9.69 Å². The molecular weight excluding hydrogens is 338 g/mol. The average Bonchev–Trinajstić information content (AvgIpc) is 2.56. The Kier molecular flexibility index (Phi) is 8.10. The van der Waals surface area contributed by atoms with Crippen molar-refractivity contribution >= 4 is 15.9 Å². The molecule has 0 atom stereocenters. The van der Waals surface area contributed by atoms with Crippen molar-refractivity contribution < 1.29 is 13.2 Å². The van der Waals surface area contributed by atoms with Gasteiger partial charge in [0.15, 0.2) is 0 Å². The molecule has 6 nitrogen and oxygen atoms in total. The van der Waals surface area contributed by atoms with E-state index in [0.717, 1.165) is 6.54 Å². The quantitative estimate of drug-likeness (QED) is 0.649. The molecule has 1 amide bonds. The third-order valence-electron chi connectivity index (χ3n) is 3.75. The van der Waals surface area contributed by atoms with Gasteiger partial charge in [0, 0.05) is 30.7 Å². The van der Waals surface area contributed by atoms with Crippen LogP contribution in [-0.2, 0) is 10.0 Å². The number of terminal acetylenes is 1. The SMILES string of the molecule is C#CCNS(=O)(=O)c1cccc(C(=O)NCCN(C(C)C)C(C)C)c1. The Balaban J connectivity index is 2.74. The van der Waals surface area contributed by atoms with Gasteiger partial charge in [-0.1, -0.05) is 12.0 Å². The largest absolute Gasteiger partial charge is 0.351 e. The highest BCUT2D eigenvalue weighted by molar-refractivity contribution is 7.89. The van der Waals surface area contributed by atoms with Crippen molar-refractivity contribution in [1.82, 2.24) is 14.9 Å². The molecule has 0 radical (unpaired) electrons. The van der Waals surface area contributed by atoms with Crippen LogP contribution in [0.25, 0.3) is 0 Å². The van der Waals surface area contributed by atoms with Crippen molar-refractivity contribution in [3.05, 3.63) is 29.8 Å². The topological polar surface area (TPSA) is 78.5 Å². The number of nitrogens with one attached hydrogen (secondary N) is 2. The Hall–Kier alpha value is -1.88. The Morgan fingerprint density at radius 1 is 1.24 bits per heavy atom. The summed E-state index contributed by atoms with van der Waals surface area (Å²) >= 11 is 0. The Morgan fingerprint density at radius 2 is 1.88 bits per heavy atom. The summed E-state index contributed by atoms with van der Waals surface area (Å²) in [5.74, 6) is 1.91. The van der Waals surface area contributed by atoms with Gasteiger partial charge in [0.25, 0.3) is 5.91 Å². The molecule has 1 rings (SSSR count). The number of hydrogen-bond acceptors (Lipinski definition) is 4. The zero-order valence-electron chi connectivity index (χ0n) is 15.2. The van der Waals surface area contributed by atoms with Gasteiger partial charge >= 0.3 is 0 Å². The van der Waals surface area contributed by atoms with E-state index < -0.39 is 10.0 Å². The highest BCUT2D eigenvalue weighted by Gasteiger charge is 2.16. The number of rotatable bonds is 9. The minimum atomic E-state index is -3.72. The fraction of sp³-hybridized carbons (Fsp3) is 0.500. The van der Waals surface area contributed by atoms with E-state index in [1.54, 1.807) is 6.07 Å². The van der Waals surface area contributed by atoms with Gasteiger partial charge in [-0.2, -0.15) is 4.72 Å². The molecule has 0 aromatic heterocycles. The van der Waals surface area contributed by atoms with Crippen LogP contribution in [0.1, 0.15) is 38.1 Å².